The Hall–Kier alpha value is -2.06. The molecule has 0 aliphatic heterocycles. The van der Waals surface area contributed by atoms with Gasteiger partial charge < -0.3 is 15.1 Å². The van der Waals surface area contributed by atoms with Gasteiger partial charge in [0.05, 0.1) is 4.88 Å². The summed E-state index contributed by atoms with van der Waals surface area (Å²) in [6.07, 6.45) is -2.81. The molecule has 0 aliphatic carbocycles. The number of rotatable bonds is 5. The summed E-state index contributed by atoms with van der Waals surface area (Å²) in [5.74, 6) is 0. The third-order valence-corrected chi connectivity index (χ3v) is 5.83. The van der Waals surface area contributed by atoms with Crippen LogP contribution in [0.25, 0.3) is 10.1 Å². The molecule has 0 fully saturated rings. The fourth-order valence-electron chi connectivity index (χ4n) is 2.34. The molecule has 0 amide bonds. The van der Waals surface area contributed by atoms with Crippen LogP contribution in [0.2, 0.25) is 0 Å². The van der Waals surface area contributed by atoms with E-state index in [9.17, 15) is 22.4 Å². The lowest BCUT2D eigenvalue weighted by atomic mass is 10.1. The molecule has 0 saturated heterocycles. The summed E-state index contributed by atoms with van der Waals surface area (Å²) >= 11 is 0.357. The van der Waals surface area contributed by atoms with Crippen LogP contribution in [-0.4, -0.2) is 23.1 Å². The van der Waals surface area contributed by atoms with Crippen LogP contribution in [0.3, 0.4) is 0 Å². The van der Waals surface area contributed by atoms with Crippen molar-refractivity contribution in [1.82, 2.24) is 0 Å². The van der Waals surface area contributed by atoms with Crippen molar-refractivity contribution in [3.05, 3.63) is 64.5 Å². The second-order valence-electron chi connectivity index (χ2n) is 5.47. The minimum atomic E-state index is -4.15. The lowest BCUT2D eigenvalue weighted by molar-refractivity contribution is 0.0700. The molecule has 10 heteroatoms. The molecule has 0 bridgehead atoms. The second kappa shape index (κ2) is 9.43. The molecule has 0 unspecified atom stereocenters. The standard InChI is InChI=1S/C11H7F4O3PS.C7H9N/c12-10(13)8-6-3-5(4-16)1-2-7(6)20-9(8)11(14,15)19(17)18;1-8-7-5-3-2-4-6-7/h1-4,10,17-18H;2-6,8H,1H3. The van der Waals surface area contributed by atoms with Crippen LogP contribution < -0.4 is 5.32 Å². The van der Waals surface area contributed by atoms with Crippen LogP contribution in [0.1, 0.15) is 27.2 Å². The third kappa shape index (κ3) is 4.86. The Bertz CT molecular complexity index is 935. The summed E-state index contributed by atoms with van der Waals surface area (Å²) in [5, 5.41) is 2.85. The van der Waals surface area contributed by atoms with Gasteiger partial charge in [-0.3, -0.25) is 4.79 Å². The van der Waals surface area contributed by atoms with Crippen LogP contribution in [0.4, 0.5) is 23.2 Å². The molecule has 0 radical (unpaired) electrons. The van der Waals surface area contributed by atoms with Crippen molar-refractivity contribution in [2.75, 3.05) is 12.4 Å². The van der Waals surface area contributed by atoms with Crippen LogP contribution >= 0.6 is 19.7 Å². The van der Waals surface area contributed by atoms with Crippen LogP contribution in [-0.2, 0) is 5.66 Å². The van der Waals surface area contributed by atoms with Gasteiger partial charge in [0, 0.05) is 33.9 Å². The number of hydrogen-bond donors (Lipinski definition) is 3. The number of halogens is 4. The van der Waals surface area contributed by atoms with Crippen LogP contribution in [0.5, 0.6) is 0 Å². The van der Waals surface area contributed by atoms with Crippen molar-refractivity contribution in [2.24, 2.45) is 0 Å². The van der Waals surface area contributed by atoms with E-state index in [1.165, 1.54) is 12.1 Å². The molecule has 1 aromatic heterocycles. The summed E-state index contributed by atoms with van der Waals surface area (Å²) in [4.78, 5) is 27.0. The normalized spacial score (nSPS) is 11.5. The van der Waals surface area contributed by atoms with Gasteiger partial charge in [0.1, 0.15) is 6.29 Å². The molecule has 1 heterocycles. The first-order valence-corrected chi connectivity index (χ1v) is 9.87. The lowest BCUT2D eigenvalue weighted by Gasteiger charge is -2.17. The van der Waals surface area contributed by atoms with Gasteiger partial charge in [0.15, 0.2) is 0 Å². The van der Waals surface area contributed by atoms with Crippen molar-refractivity contribution in [2.45, 2.75) is 12.1 Å². The highest BCUT2D eigenvalue weighted by atomic mass is 32.1. The number of carbonyl (C=O) groups excluding carboxylic acids is 1. The van der Waals surface area contributed by atoms with Gasteiger partial charge in [-0.15, -0.1) is 11.3 Å². The Morgan fingerprint density at radius 3 is 2.25 bits per heavy atom. The van der Waals surface area contributed by atoms with Gasteiger partial charge in [-0.2, -0.15) is 8.78 Å². The summed E-state index contributed by atoms with van der Waals surface area (Å²) in [5.41, 5.74) is -3.88. The third-order valence-electron chi connectivity index (χ3n) is 3.69. The fourth-order valence-corrected chi connectivity index (χ4v) is 4.09. The lowest BCUT2D eigenvalue weighted by Crippen LogP contribution is -2.11. The smallest absolute Gasteiger partial charge is 0.348 e. The molecule has 28 heavy (non-hydrogen) atoms. The maximum absolute atomic E-state index is 13.7. The Morgan fingerprint density at radius 2 is 1.79 bits per heavy atom. The number of alkyl halides is 4. The number of aldehydes is 1. The first kappa shape index (κ1) is 22.2. The number of hydrogen-bond acceptors (Lipinski definition) is 5. The number of anilines is 1. The molecule has 150 valence electrons. The van der Waals surface area contributed by atoms with Crippen molar-refractivity contribution in [1.29, 1.82) is 0 Å². The zero-order valence-electron chi connectivity index (χ0n) is 14.4. The average molecular weight is 433 g/mol. The van der Waals surface area contributed by atoms with Gasteiger partial charge >= 0.3 is 5.66 Å². The zero-order valence-corrected chi connectivity index (χ0v) is 16.2. The highest BCUT2D eigenvalue weighted by molar-refractivity contribution is 7.46. The summed E-state index contributed by atoms with van der Waals surface area (Å²) < 4.78 is 53.5. The zero-order chi connectivity index (χ0) is 20.9. The van der Waals surface area contributed by atoms with E-state index >= 15 is 0 Å². The van der Waals surface area contributed by atoms with E-state index in [2.05, 4.69) is 5.32 Å². The van der Waals surface area contributed by atoms with E-state index in [-0.39, 0.29) is 15.6 Å². The Labute approximate surface area is 163 Å². The molecular weight excluding hydrogens is 417 g/mol. The largest absolute Gasteiger partial charge is 0.388 e. The molecule has 0 atom stereocenters. The molecule has 3 N–H and O–H groups in total. The van der Waals surface area contributed by atoms with E-state index in [1.807, 2.05) is 37.4 Å². The topological polar surface area (TPSA) is 69.6 Å². The minimum Gasteiger partial charge on any atom is -0.388 e. The van der Waals surface area contributed by atoms with E-state index < -0.39 is 30.9 Å². The molecule has 0 aliphatic rings. The number of thiophene rings is 1. The highest BCUT2D eigenvalue weighted by Gasteiger charge is 2.46. The van der Waals surface area contributed by atoms with E-state index in [0.717, 1.165) is 11.8 Å². The average Bonchev–Trinajstić information content (AvgIpc) is 3.08. The van der Waals surface area contributed by atoms with Gasteiger partial charge in [0.25, 0.3) is 6.43 Å². The maximum atomic E-state index is 13.7. The Kier molecular flexibility index (Phi) is 7.48. The van der Waals surface area contributed by atoms with E-state index in [1.54, 1.807) is 0 Å². The number of nitrogens with one attached hydrogen (secondary N) is 1. The molecular formula is C18H16F4NO3PS. The second-order valence-corrected chi connectivity index (χ2v) is 7.66. The fraction of sp³-hybridized carbons (Fsp3) is 0.167. The van der Waals surface area contributed by atoms with Crippen molar-refractivity contribution >= 4 is 41.8 Å². The number of fused-ring (bicyclic) bond motifs is 1. The van der Waals surface area contributed by atoms with Gasteiger partial charge in [-0.1, -0.05) is 24.3 Å². The summed E-state index contributed by atoms with van der Waals surface area (Å²) in [6, 6.07) is 13.7. The molecule has 3 aromatic rings. The predicted molar refractivity (Wildman–Crippen MR) is 103 cm³/mol. The first-order valence-electron chi connectivity index (χ1n) is 7.81. The summed E-state index contributed by atoms with van der Waals surface area (Å²) in [7, 11) is -1.82. The Balaban J connectivity index is 0.000000292. The monoisotopic (exact) mass is 433 g/mol. The van der Waals surface area contributed by atoms with E-state index in [0.29, 0.717) is 17.6 Å². The minimum absolute atomic E-state index is 0.0716. The van der Waals surface area contributed by atoms with Crippen molar-refractivity contribution < 1.29 is 32.1 Å². The number of benzene rings is 2. The molecule has 0 spiro atoms. The SMILES string of the molecule is CNc1ccccc1.O=Cc1ccc2sc(C(F)(F)P(O)O)c(C(F)F)c2c1. The van der Waals surface area contributed by atoms with E-state index in [4.69, 9.17) is 9.79 Å². The van der Waals surface area contributed by atoms with Gasteiger partial charge in [-0.25, -0.2) is 8.78 Å². The predicted octanol–water partition coefficient (Wildman–Crippen LogP) is 5.73. The quantitative estimate of drug-likeness (QED) is 0.273. The Morgan fingerprint density at radius 1 is 1.14 bits per heavy atom. The van der Waals surface area contributed by atoms with Crippen molar-refractivity contribution in [3.8, 4) is 0 Å². The highest BCUT2D eigenvalue weighted by Crippen LogP contribution is 2.58. The van der Waals surface area contributed by atoms with Crippen molar-refractivity contribution in [3.63, 3.8) is 0 Å². The van der Waals surface area contributed by atoms with Gasteiger partial charge in [-0.05, 0) is 24.3 Å². The molecule has 0 saturated carbocycles. The number of carbonyl (C=O) groups is 1. The molecule has 4 nitrogen and oxygen atoms in total. The van der Waals surface area contributed by atoms with Crippen LogP contribution in [0.15, 0.2) is 48.5 Å². The summed E-state index contributed by atoms with van der Waals surface area (Å²) in [6.45, 7) is 0. The molecule has 3 rings (SSSR count). The maximum Gasteiger partial charge on any atom is 0.348 e. The first-order chi connectivity index (χ1) is 13.2. The number of para-hydroxylation sites is 1. The molecule has 2 aromatic carbocycles. The van der Waals surface area contributed by atoms with Crippen LogP contribution in [0, 0.1) is 0 Å². The van der Waals surface area contributed by atoms with Gasteiger partial charge in [0.2, 0.25) is 8.38 Å².